The first-order valence-electron chi connectivity index (χ1n) is 4.99. The number of hydrogen-bond donors (Lipinski definition) is 0. The van der Waals surface area contributed by atoms with Gasteiger partial charge < -0.3 is 0 Å². The van der Waals surface area contributed by atoms with E-state index in [0.29, 0.717) is 5.88 Å². The van der Waals surface area contributed by atoms with Gasteiger partial charge in [-0.3, -0.25) is 0 Å². The lowest BCUT2D eigenvalue weighted by Crippen LogP contribution is -1.87. The maximum Gasteiger partial charge on any atom is 0.0904 e. The van der Waals surface area contributed by atoms with Crippen molar-refractivity contribution in [3.05, 3.63) is 39.2 Å². The zero-order valence-electron chi connectivity index (χ0n) is 8.84. The number of hydrogen-bond acceptors (Lipinski definition) is 2. The molecule has 16 heavy (non-hydrogen) atoms. The van der Waals surface area contributed by atoms with Gasteiger partial charge >= 0.3 is 0 Å². The number of nitrogens with zero attached hydrogens (tertiary/aromatic N) is 1. The summed E-state index contributed by atoms with van der Waals surface area (Å²) < 4.78 is 0. The van der Waals surface area contributed by atoms with Gasteiger partial charge in [0.25, 0.3) is 0 Å². The predicted molar refractivity (Wildman–Crippen MR) is 71.7 cm³/mol. The van der Waals surface area contributed by atoms with Crippen molar-refractivity contribution in [2.45, 2.75) is 13.3 Å². The van der Waals surface area contributed by atoms with Crippen LogP contribution in [0.1, 0.15) is 9.88 Å². The van der Waals surface area contributed by atoms with E-state index in [4.69, 9.17) is 23.2 Å². The highest BCUT2D eigenvalue weighted by Crippen LogP contribution is 2.29. The molecule has 1 nitrogen and oxygen atoms in total. The number of aromatic nitrogens is 1. The summed E-state index contributed by atoms with van der Waals surface area (Å²) in [5.41, 5.74) is 2.15. The topological polar surface area (TPSA) is 12.9 Å². The van der Waals surface area contributed by atoms with E-state index < -0.39 is 0 Å². The first-order chi connectivity index (χ1) is 7.70. The molecule has 4 heteroatoms. The molecule has 0 aliphatic heterocycles. The number of halogens is 2. The molecule has 2 aromatic rings. The Morgan fingerprint density at radius 2 is 1.94 bits per heavy atom. The van der Waals surface area contributed by atoms with E-state index in [0.717, 1.165) is 27.7 Å². The van der Waals surface area contributed by atoms with Gasteiger partial charge in [0.1, 0.15) is 0 Å². The summed E-state index contributed by atoms with van der Waals surface area (Å²) in [4.78, 5) is 5.79. The van der Waals surface area contributed by atoms with E-state index >= 15 is 0 Å². The molecule has 2 rings (SSSR count). The molecule has 0 unspecified atom stereocenters. The van der Waals surface area contributed by atoms with Gasteiger partial charge in [-0.15, -0.1) is 22.9 Å². The van der Waals surface area contributed by atoms with E-state index in [9.17, 15) is 0 Å². The molecule has 0 radical (unpaired) electrons. The maximum atomic E-state index is 5.87. The van der Waals surface area contributed by atoms with Gasteiger partial charge in [0.05, 0.1) is 10.7 Å². The van der Waals surface area contributed by atoms with Gasteiger partial charge in [0.15, 0.2) is 0 Å². The van der Waals surface area contributed by atoms with Crippen LogP contribution in [-0.4, -0.2) is 10.9 Å². The van der Waals surface area contributed by atoms with Gasteiger partial charge in [-0.05, 0) is 25.5 Å². The molecule has 0 aliphatic carbocycles. The van der Waals surface area contributed by atoms with E-state index in [-0.39, 0.29) is 0 Å². The molecule has 0 spiro atoms. The third-order valence-electron chi connectivity index (χ3n) is 2.24. The Kier molecular flexibility index (Phi) is 3.85. The monoisotopic (exact) mass is 271 g/mol. The van der Waals surface area contributed by atoms with Crippen molar-refractivity contribution < 1.29 is 0 Å². The van der Waals surface area contributed by atoms with Crippen LogP contribution in [0.3, 0.4) is 0 Å². The van der Waals surface area contributed by atoms with Crippen molar-refractivity contribution in [3.63, 3.8) is 0 Å². The lowest BCUT2D eigenvalue weighted by Gasteiger charge is -2.00. The lowest BCUT2D eigenvalue weighted by molar-refractivity contribution is 1.17. The van der Waals surface area contributed by atoms with Crippen molar-refractivity contribution in [3.8, 4) is 11.3 Å². The first-order valence-corrected chi connectivity index (χ1v) is 6.72. The summed E-state index contributed by atoms with van der Waals surface area (Å²) >= 11 is 13.4. The molecule has 0 atom stereocenters. The van der Waals surface area contributed by atoms with E-state index in [1.807, 2.05) is 31.2 Å². The van der Waals surface area contributed by atoms with Crippen LogP contribution in [0.4, 0.5) is 0 Å². The standard InChI is InChI=1S/C12H11Cl2NS/c1-8-15-12(11(16-8)6-7-13)9-2-4-10(14)5-3-9/h2-5H,6-7H2,1H3. The minimum absolute atomic E-state index is 0.627. The molecule has 0 aliphatic rings. The van der Waals surface area contributed by atoms with Crippen LogP contribution >= 0.6 is 34.5 Å². The van der Waals surface area contributed by atoms with Crippen molar-refractivity contribution in [2.24, 2.45) is 0 Å². The summed E-state index contributed by atoms with van der Waals surface area (Å²) in [7, 11) is 0. The van der Waals surface area contributed by atoms with E-state index in [1.54, 1.807) is 11.3 Å². The van der Waals surface area contributed by atoms with Crippen LogP contribution in [0.25, 0.3) is 11.3 Å². The van der Waals surface area contributed by atoms with Gasteiger partial charge in [-0.25, -0.2) is 4.98 Å². The summed E-state index contributed by atoms with van der Waals surface area (Å²) in [5, 5.41) is 1.82. The van der Waals surface area contributed by atoms with E-state index in [1.165, 1.54) is 4.88 Å². The van der Waals surface area contributed by atoms with Crippen molar-refractivity contribution in [1.82, 2.24) is 4.98 Å². The molecular formula is C12H11Cl2NS. The summed E-state index contributed by atoms with van der Waals surface area (Å²) in [5.74, 6) is 0.627. The van der Waals surface area contributed by atoms with Gasteiger partial charge in [0.2, 0.25) is 0 Å². The molecular weight excluding hydrogens is 261 g/mol. The summed E-state index contributed by atoms with van der Waals surface area (Å²) in [6.45, 7) is 2.02. The second-order valence-corrected chi connectivity index (χ2v) is 5.55. The van der Waals surface area contributed by atoms with Crippen molar-refractivity contribution in [2.75, 3.05) is 5.88 Å². The highest BCUT2D eigenvalue weighted by atomic mass is 35.5. The number of benzene rings is 1. The Labute approximate surface area is 109 Å². The third kappa shape index (κ3) is 2.57. The normalized spacial score (nSPS) is 10.7. The third-order valence-corrected chi connectivity index (χ3v) is 3.72. The molecule has 1 heterocycles. The molecule has 0 saturated heterocycles. The number of rotatable bonds is 3. The van der Waals surface area contributed by atoms with Crippen LogP contribution in [0, 0.1) is 6.92 Å². The van der Waals surface area contributed by atoms with Gasteiger partial charge in [0, 0.05) is 21.3 Å². The van der Waals surface area contributed by atoms with Crippen molar-refractivity contribution in [1.29, 1.82) is 0 Å². The zero-order valence-corrected chi connectivity index (χ0v) is 11.2. The summed E-state index contributed by atoms with van der Waals surface area (Å²) in [6.07, 6.45) is 0.866. The molecule has 1 aromatic heterocycles. The Balaban J connectivity index is 2.42. The Morgan fingerprint density at radius 1 is 1.25 bits per heavy atom. The molecule has 0 fully saturated rings. The minimum atomic E-state index is 0.627. The van der Waals surface area contributed by atoms with E-state index in [2.05, 4.69) is 4.98 Å². The smallest absolute Gasteiger partial charge is 0.0904 e. The van der Waals surface area contributed by atoms with Crippen molar-refractivity contribution >= 4 is 34.5 Å². The lowest BCUT2D eigenvalue weighted by atomic mass is 10.1. The fourth-order valence-electron chi connectivity index (χ4n) is 1.56. The predicted octanol–water partition coefficient (Wildman–Crippen LogP) is 4.55. The minimum Gasteiger partial charge on any atom is -0.241 e. The highest BCUT2D eigenvalue weighted by molar-refractivity contribution is 7.12. The average molecular weight is 272 g/mol. The highest BCUT2D eigenvalue weighted by Gasteiger charge is 2.10. The zero-order chi connectivity index (χ0) is 11.5. The molecule has 0 saturated carbocycles. The SMILES string of the molecule is Cc1nc(-c2ccc(Cl)cc2)c(CCCl)s1. The van der Waals surface area contributed by atoms with Gasteiger partial charge in [-0.2, -0.15) is 0 Å². The van der Waals surface area contributed by atoms with Crippen LogP contribution in [0.5, 0.6) is 0 Å². The summed E-state index contributed by atoms with van der Waals surface area (Å²) in [6, 6.07) is 7.76. The second kappa shape index (κ2) is 5.17. The Bertz CT molecular complexity index is 476. The Hall–Kier alpha value is -0.570. The average Bonchev–Trinajstić information content (AvgIpc) is 2.61. The number of aryl methyl sites for hydroxylation is 2. The van der Waals surface area contributed by atoms with Crippen LogP contribution < -0.4 is 0 Å². The van der Waals surface area contributed by atoms with Crippen LogP contribution in [0.15, 0.2) is 24.3 Å². The molecule has 1 aromatic carbocycles. The molecule has 0 N–H and O–H groups in total. The fraction of sp³-hybridized carbons (Fsp3) is 0.250. The van der Waals surface area contributed by atoms with Gasteiger partial charge in [-0.1, -0.05) is 23.7 Å². The first kappa shape index (κ1) is 11.9. The van der Waals surface area contributed by atoms with Crippen LogP contribution in [-0.2, 0) is 6.42 Å². The molecule has 0 amide bonds. The quantitative estimate of drug-likeness (QED) is 0.747. The Morgan fingerprint density at radius 3 is 2.56 bits per heavy atom. The number of alkyl halides is 1. The second-order valence-electron chi connectivity index (χ2n) is 3.45. The fourth-order valence-corrected chi connectivity index (χ4v) is 2.94. The maximum absolute atomic E-state index is 5.87. The molecule has 0 bridgehead atoms. The number of thiazole rings is 1. The molecule has 84 valence electrons. The largest absolute Gasteiger partial charge is 0.241 e. The van der Waals surface area contributed by atoms with Crippen LogP contribution in [0.2, 0.25) is 5.02 Å².